The van der Waals surface area contributed by atoms with Crippen molar-refractivity contribution >= 4 is 17.5 Å². The summed E-state index contributed by atoms with van der Waals surface area (Å²) in [5, 5.41) is 2.45. The van der Waals surface area contributed by atoms with Gasteiger partial charge in [0.1, 0.15) is 0 Å². The van der Waals surface area contributed by atoms with Gasteiger partial charge < -0.3 is 0 Å². The third-order valence-corrected chi connectivity index (χ3v) is 4.13. The highest BCUT2D eigenvalue weighted by Gasteiger charge is 2.09. The van der Waals surface area contributed by atoms with Gasteiger partial charge in [0.05, 0.1) is 11.4 Å². The maximum atomic E-state index is 5.06. The first-order valence-electron chi connectivity index (χ1n) is 7.90. The molecule has 0 radical (unpaired) electrons. The predicted molar refractivity (Wildman–Crippen MR) is 96.7 cm³/mol. The number of benzene rings is 3. The predicted octanol–water partition coefficient (Wildman–Crippen LogP) is 3.52. The van der Waals surface area contributed by atoms with Gasteiger partial charge in [-0.25, -0.2) is 0 Å². The van der Waals surface area contributed by atoms with E-state index in [2.05, 4.69) is 78.9 Å². The topological polar surface area (TPSA) is 12.4 Å². The molecule has 1 nitrogen and oxygen atoms in total. The molecule has 1 aliphatic rings. The van der Waals surface area contributed by atoms with Crippen molar-refractivity contribution in [1.29, 1.82) is 0 Å². The summed E-state index contributed by atoms with van der Waals surface area (Å²) in [6.45, 7) is 0. The number of hydrogen-bond donors (Lipinski definition) is 0. The summed E-state index contributed by atoms with van der Waals surface area (Å²) in [7, 11) is 0. The van der Waals surface area contributed by atoms with Gasteiger partial charge in [-0.3, -0.25) is 4.99 Å². The minimum atomic E-state index is 0.845. The minimum absolute atomic E-state index is 0.845. The average Bonchev–Trinajstić information content (AvgIpc) is 2.83. The Morgan fingerprint density at radius 1 is 0.609 bits per heavy atom. The van der Waals surface area contributed by atoms with Crippen LogP contribution in [-0.2, 0) is 0 Å². The molecule has 3 aromatic rings. The third-order valence-electron chi connectivity index (χ3n) is 4.13. The SMILES string of the molecule is C1=c2ccccc2=C(c2ccccc2)N=C(c2ccccc2)C1. The van der Waals surface area contributed by atoms with E-state index in [4.69, 9.17) is 4.99 Å². The van der Waals surface area contributed by atoms with Gasteiger partial charge in [0, 0.05) is 17.2 Å². The first-order chi connectivity index (χ1) is 11.4. The average molecular weight is 295 g/mol. The lowest BCUT2D eigenvalue weighted by Crippen LogP contribution is -2.25. The van der Waals surface area contributed by atoms with Crippen molar-refractivity contribution in [2.75, 3.05) is 0 Å². The Bertz CT molecular complexity index is 967. The molecule has 110 valence electrons. The molecule has 0 saturated heterocycles. The molecular formula is C22H17N. The van der Waals surface area contributed by atoms with E-state index >= 15 is 0 Å². The van der Waals surface area contributed by atoms with Crippen molar-refractivity contribution < 1.29 is 0 Å². The summed E-state index contributed by atoms with van der Waals surface area (Å²) < 4.78 is 0. The molecule has 3 aromatic carbocycles. The molecule has 23 heavy (non-hydrogen) atoms. The molecule has 0 aliphatic carbocycles. The summed E-state index contributed by atoms with van der Waals surface area (Å²) >= 11 is 0. The van der Waals surface area contributed by atoms with E-state index in [0.29, 0.717) is 0 Å². The second kappa shape index (κ2) is 6.05. The lowest BCUT2D eigenvalue weighted by Gasteiger charge is -2.06. The van der Waals surface area contributed by atoms with Crippen LogP contribution in [0.1, 0.15) is 17.5 Å². The van der Waals surface area contributed by atoms with Crippen molar-refractivity contribution in [2.24, 2.45) is 4.99 Å². The van der Waals surface area contributed by atoms with Crippen LogP contribution in [0.3, 0.4) is 0 Å². The Balaban J connectivity index is 2.00. The number of hydrogen-bond acceptors (Lipinski definition) is 1. The van der Waals surface area contributed by atoms with Crippen molar-refractivity contribution in [3.05, 3.63) is 106 Å². The van der Waals surface area contributed by atoms with Crippen LogP contribution in [-0.4, -0.2) is 5.71 Å². The summed E-state index contributed by atoms with van der Waals surface area (Å²) in [6, 6.07) is 29.4. The first kappa shape index (κ1) is 13.7. The summed E-state index contributed by atoms with van der Waals surface area (Å²) in [5.41, 5.74) is 4.50. The van der Waals surface area contributed by atoms with Gasteiger partial charge >= 0.3 is 0 Å². The molecule has 4 rings (SSSR count). The molecule has 0 bridgehead atoms. The third kappa shape index (κ3) is 2.74. The molecule has 0 unspecified atom stereocenters. The zero-order valence-electron chi connectivity index (χ0n) is 12.8. The fourth-order valence-electron chi connectivity index (χ4n) is 2.97. The van der Waals surface area contributed by atoms with E-state index in [0.717, 1.165) is 23.4 Å². The van der Waals surface area contributed by atoms with Crippen LogP contribution in [0.2, 0.25) is 0 Å². The molecular weight excluding hydrogens is 278 g/mol. The first-order valence-corrected chi connectivity index (χ1v) is 7.90. The van der Waals surface area contributed by atoms with Crippen LogP contribution < -0.4 is 10.4 Å². The van der Waals surface area contributed by atoms with Gasteiger partial charge in [0.15, 0.2) is 0 Å². The van der Waals surface area contributed by atoms with E-state index in [9.17, 15) is 0 Å². The molecule has 0 saturated carbocycles. The van der Waals surface area contributed by atoms with Crippen LogP contribution in [0.5, 0.6) is 0 Å². The van der Waals surface area contributed by atoms with Crippen molar-refractivity contribution in [3.63, 3.8) is 0 Å². The number of aliphatic imine (C=N–C) groups is 1. The molecule has 0 aromatic heterocycles. The lowest BCUT2D eigenvalue weighted by molar-refractivity contribution is 1.41. The number of nitrogens with zero attached hydrogens (tertiary/aromatic N) is 1. The molecule has 0 atom stereocenters. The van der Waals surface area contributed by atoms with Gasteiger partial charge in [-0.1, -0.05) is 91.0 Å². The Morgan fingerprint density at radius 2 is 1.22 bits per heavy atom. The maximum Gasteiger partial charge on any atom is 0.0783 e. The zero-order valence-corrected chi connectivity index (χ0v) is 12.8. The molecule has 0 amide bonds. The Kier molecular flexibility index (Phi) is 3.61. The van der Waals surface area contributed by atoms with Crippen LogP contribution in [0.25, 0.3) is 11.8 Å². The second-order valence-electron chi connectivity index (χ2n) is 5.63. The molecule has 1 heterocycles. The van der Waals surface area contributed by atoms with Crippen LogP contribution in [0, 0.1) is 0 Å². The van der Waals surface area contributed by atoms with Crippen LogP contribution in [0.4, 0.5) is 0 Å². The summed E-state index contributed by atoms with van der Waals surface area (Å²) in [6.07, 6.45) is 3.12. The number of rotatable bonds is 2. The van der Waals surface area contributed by atoms with Crippen LogP contribution in [0.15, 0.2) is 89.9 Å². The van der Waals surface area contributed by atoms with Gasteiger partial charge in [-0.05, 0) is 10.8 Å². The molecule has 1 aliphatic heterocycles. The smallest absolute Gasteiger partial charge is 0.0783 e. The number of fused-ring (bicyclic) bond motifs is 1. The fraction of sp³-hybridized carbons (Fsp3) is 0.0455. The van der Waals surface area contributed by atoms with Gasteiger partial charge in [-0.2, -0.15) is 0 Å². The standard InChI is InChI=1S/C22H17N/c1-3-10-18(11-4-1)21-16-15-17-9-7-8-14-20(17)22(23-21)19-12-5-2-6-13-19/h1-15H,16H2. The van der Waals surface area contributed by atoms with Gasteiger partial charge in [-0.15, -0.1) is 0 Å². The van der Waals surface area contributed by atoms with E-state index < -0.39 is 0 Å². The highest BCUT2D eigenvalue weighted by molar-refractivity contribution is 6.06. The van der Waals surface area contributed by atoms with Gasteiger partial charge in [0.2, 0.25) is 0 Å². The maximum absolute atomic E-state index is 5.06. The monoisotopic (exact) mass is 295 g/mol. The normalized spacial score (nSPS) is 13.6. The van der Waals surface area contributed by atoms with E-state index in [1.165, 1.54) is 16.0 Å². The van der Waals surface area contributed by atoms with Crippen molar-refractivity contribution in [2.45, 2.75) is 6.42 Å². The summed E-state index contributed by atoms with van der Waals surface area (Å²) in [4.78, 5) is 5.06. The Morgan fingerprint density at radius 3 is 1.96 bits per heavy atom. The van der Waals surface area contributed by atoms with Crippen LogP contribution >= 0.6 is 0 Å². The molecule has 0 fully saturated rings. The van der Waals surface area contributed by atoms with E-state index in [-0.39, 0.29) is 0 Å². The fourth-order valence-corrected chi connectivity index (χ4v) is 2.97. The highest BCUT2D eigenvalue weighted by Crippen LogP contribution is 2.17. The van der Waals surface area contributed by atoms with E-state index in [1.807, 2.05) is 12.1 Å². The molecule has 0 N–H and O–H groups in total. The molecule has 1 heteroatoms. The highest BCUT2D eigenvalue weighted by atomic mass is 14.8. The minimum Gasteiger partial charge on any atom is -0.251 e. The Labute approximate surface area is 136 Å². The quantitative estimate of drug-likeness (QED) is 0.686. The zero-order chi connectivity index (χ0) is 15.5. The van der Waals surface area contributed by atoms with Crippen molar-refractivity contribution in [3.8, 4) is 0 Å². The van der Waals surface area contributed by atoms with E-state index in [1.54, 1.807) is 0 Å². The molecule has 0 spiro atoms. The second-order valence-corrected chi connectivity index (χ2v) is 5.63. The largest absolute Gasteiger partial charge is 0.251 e. The summed E-state index contributed by atoms with van der Waals surface area (Å²) in [5.74, 6) is 0. The van der Waals surface area contributed by atoms with Crippen molar-refractivity contribution in [1.82, 2.24) is 0 Å². The van der Waals surface area contributed by atoms with Gasteiger partial charge in [0.25, 0.3) is 0 Å². The lowest BCUT2D eigenvalue weighted by atomic mass is 10.1. The Hall–Kier alpha value is -2.93.